The fourth-order valence-electron chi connectivity index (χ4n) is 1.44. The number of nitrogens with zero attached hydrogens (tertiary/aromatic N) is 2. The van der Waals surface area contributed by atoms with Crippen LogP contribution in [0.2, 0.25) is 0 Å². The maximum absolute atomic E-state index is 12.7. The second-order valence-electron chi connectivity index (χ2n) is 4.24. The van der Waals surface area contributed by atoms with Crippen molar-refractivity contribution >= 4 is 17.5 Å². The number of carbonyl (C=O) groups is 1. The van der Waals surface area contributed by atoms with Crippen molar-refractivity contribution in [2.45, 2.75) is 25.9 Å². The molecule has 0 radical (unpaired) electrons. The number of amides is 1. The van der Waals surface area contributed by atoms with Crippen molar-refractivity contribution in [3.05, 3.63) is 11.9 Å². The van der Waals surface area contributed by atoms with Crippen LogP contribution >= 0.6 is 0 Å². The molecule has 0 saturated heterocycles. The maximum atomic E-state index is 12.7. The molecule has 1 aromatic heterocycles. The molecule has 1 aromatic rings. The van der Waals surface area contributed by atoms with Crippen LogP contribution in [0.15, 0.2) is 6.07 Å². The Hall–Kier alpha value is -2.06. The van der Waals surface area contributed by atoms with Crippen LogP contribution < -0.4 is 16.0 Å². The quantitative estimate of drug-likeness (QED) is 0.716. The van der Waals surface area contributed by atoms with E-state index in [1.807, 2.05) is 6.92 Å². The number of carbonyl (C=O) groups excluding carboxylic acids is 1. The Kier molecular flexibility index (Phi) is 6.19. The van der Waals surface area contributed by atoms with Crippen LogP contribution in [-0.2, 0) is 11.0 Å². The van der Waals surface area contributed by atoms with Crippen LogP contribution in [0, 0.1) is 0 Å². The molecule has 6 nitrogen and oxygen atoms in total. The van der Waals surface area contributed by atoms with E-state index in [0.29, 0.717) is 6.54 Å². The Morgan fingerprint density at radius 2 is 1.76 bits per heavy atom. The number of rotatable bonds is 7. The molecule has 0 aliphatic carbocycles. The van der Waals surface area contributed by atoms with Gasteiger partial charge in [0.25, 0.3) is 0 Å². The summed E-state index contributed by atoms with van der Waals surface area (Å²) < 4.78 is 38.2. The minimum atomic E-state index is -4.62. The lowest BCUT2D eigenvalue weighted by molar-refractivity contribution is -0.144. The minimum Gasteiger partial charge on any atom is -0.370 e. The van der Waals surface area contributed by atoms with E-state index in [0.717, 1.165) is 6.42 Å². The van der Waals surface area contributed by atoms with E-state index in [4.69, 9.17) is 0 Å². The van der Waals surface area contributed by atoms with Crippen molar-refractivity contribution < 1.29 is 18.0 Å². The Balaban J connectivity index is 2.83. The van der Waals surface area contributed by atoms with Crippen LogP contribution in [0.5, 0.6) is 0 Å². The first-order chi connectivity index (χ1) is 9.86. The molecule has 0 aliphatic rings. The highest BCUT2D eigenvalue weighted by atomic mass is 19.4. The molecule has 0 atom stereocenters. The van der Waals surface area contributed by atoms with E-state index < -0.39 is 12.0 Å². The van der Waals surface area contributed by atoms with Gasteiger partial charge < -0.3 is 16.0 Å². The molecule has 0 saturated carbocycles. The van der Waals surface area contributed by atoms with Gasteiger partial charge in [0.15, 0.2) is 0 Å². The van der Waals surface area contributed by atoms with Crippen LogP contribution in [0.3, 0.4) is 0 Å². The summed E-state index contributed by atoms with van der Waals surface area (Å²) in [5.74, 6) is -1.30. The lowest BCUT2D eigenvalue weighted by Gasteiger charge is -2.12. The van der Waals surface area contributed by atoms with Crippen molar-refractivity contribution in [3.8, 4) is 0 Å². The van der Waals surface area contributed by atoms with Crippen molar-refractivity contribution in [1.29, 1.82) is 0 Å². The first-order valence-corrected chi connectivity index (χ1v) is 6.51. The Bertz CT molecular complexity index is 478. The summed E-state index contributed by atoms with van der Waals surface area (Å²) in [4.78, 5) is 17.9. The number of hydrogen-bond donors (Lipinski definition) is 3. The molecule has 0 fully saturated rings. The van der Waals surface area contributed by atoms with Crippen molar-refractivity contribution in [3.63, 3.8) is 0 Å². The van der Waals surface area contributed by atoms with Gasteiger partial charge in [0, 0.05) is 32.6 Å². The van der Waals surface area contributed by atoms with Gasteiger partial charge in [0.2, 0.25) is 11.7 Å². The topological polar surface area (TPSA) is 78.9 Å². The average Bonchev–Trinajstić information content (AvgIpc) is 2.43. The normalized spacial score (nSPS) is 11.1. The number of nitrogens with one attached hydrogen (secondary N) is 3. The third-order valence-electron chi connectivity index (χ3n) is 2.47. The van der Waals surface area contributed by atoms with Gasteiger partial charge in [0.1, 0.15) is 11.6 Å². The highest BCUT2D eigenvalue weighted by molar-refractivity contribution is 5.76. The summed E-state index contributed by atoms with van der Waals surface area (Å²) in [5, 5.41) is 7.90. The Morgan fingerprint density at radius 1 is 1.19 bits per heavy atom. The molecule has 1 heterocycles. The monoisotopic (exact) mass is 305 g/mol. The van der Waals surface area contributed by atoms with Gasteiger partial charge in [-0.25, -0.2) is 9.97 Å². The predicted octanol–water partition coefficient (Wildman–Crippen LogP) is 1.87. The fourth-order valence-corrected chi connectivity index (χ4v) is 1.44. The SMILES string of the molecule is CCCNc1cc(NCCC(=O)NC)nc(C(F)(F)F)n1. The second-order valence-corrected chi connectivity index (χ2v) is 4.24. The van der Waals surface area contributed by atoms with Crippen molar-refractivity contribution in [1.82, 2.24) is 15.3 Å². The molecule has 118 valence electrons. The van der Waals surface area contributed by atoms with Crippen molar-refractivity contribution in [2.75, 3.05) is 30.8 Å². The Labute approximate surface area is 120 Å². The third-order valence-corrected chi connectivity index (χ3v) is 2.47. The zero-order valence-corrected chi connectivity index (χ0v) is 11.8. The van der Waals surface area contributed by atoms with Gasteiger partial charge >= 0.3 is 6.18 Å². The van der Waals surface area contributed by atoms with Crippen LogP contribution in [0.1, 0.15) is 25.6 Å². The third kappa shape index (κ3) is 5.84. The molecule has 0 bridgehead atoms. The summed E-state index contributed by atoms with van der Waals surface area (Å²) >= 11 is 0. The molecular formula is C12H18F3N5O. The number of aromatic nitrogens is 2. The van der Waals surface area contributed by atoms with E-state index >= 15 is 0 Å². The molecule has 1 rings (SSSR count). The maximum Gasteiger partial charge on any atom is 0.451 e. The Morgan fingerprint density at radius 3 is 2.24 bits per heavy atom. The smallest absolute Gasteiger partial charge is 0.370 e. The van der Waals surface area contributed by atoms with E-state index in [1.165, 1.54) is 13.1 Å². The zero-order chi connectivity index (χ0) is 15.9. The summed E-state index contributed by atoms with van der Waals surface area (Å²) in [5.41, 5.74) is 0. The van der Waals surface area contributed by atoms with E-state index in [-0.39, 0.29) is 30.5 Å². The highest BCUT2D eigenvalue weighted by Gasteiger charge is 2.35. The van der Waals surface area contributed by atoms with Gasteiger partial charge in [-0.1, -0.05) is 6.92 Å². The molecule has 21 heavy (non-hydrogen) atoms. The molecule has 0 aliphatic heterocycles. The highest BCUT2D eigenvalue weighted by Crippen LogP contribution is 2.28. The molecule has 9 heteroatoms. The standard InChI is InChI=1S/C12H18F3N5O/c1-3-5-17-8-7-9(18-6-4-10(21)16-2)20-11(19-8)12(13,14)15/h7H,3-6H2,1-2H3,(H,16,21)(H2,17,18,19,20). The summed E-state index contributed by atoms with van der Waals surface area (Å²) in [7, 11) is 1.49. The van der Waals surface area contributed by atoms with Gasteiger partial charge in [-0.3, -0.25) is 4.79 Å². The number of anilines is 2. The lowest BCUT2D eigenvalue weighted by atomic mass is 10.4. The summed E-state index contributed by atoms with van der Waals surface area (Å²) in [6, 6.07) is 1.38. The molecule has 3 N–H and O–H groups in total. The van der Waals surface area contributed by atoms with Gasteiger partial charge in [-0.2, -0.15) is 13.2 Å². The number of hydrogen-bond acceptors (Lipinski definition) is 5. The van der Waals surface area contributed by atoms with Gasteiger partial charge in [0.05, 0.1) is 0 Å². The average molecular weight is 305 g/mol. The molecule has 0 unspecified atom stereocenters. The fraction of sp³-hybridized carbons (Fsp3) is 0.583. The molecule has 1 amide bonds. The van der Waals surface area contributed by atoms with Crippen LogP contribution in [0.4, 0.5) is 24.8 Å². The van der Waals surface area contributed by atoms with Crippen LogP contribution in [-0.4, -0.2) is 36.0 Å². The van der Waals surface area contributed by atoms with Crippen molar-refractivity contribution in [2.24, 2.45) is 0 Å². The van der Waals surface area contributed by atoms with E-state index in [1.54, 1.807) is 0 Å². The first-order valence-electron chi connectivity index (χ1n) is 6.51. The number of alkyl halides is 3. The van der Waals surface area contributed by atoms with E-state index in [2.05, 4.69) is 25.9 Å². The second kappa shape index (κ2) is 7.65. The van der Waals surface area contributed by atoms with Gasteiger partial charge in [-0.15, -0.1) is 0 Å². The van der Waals surface area contributed by atoms with Gasteiger partial charge in [-0.05, 0) is 6.42 Å². The molecule has 0 aromatic carbocycles. The van der Waals surface area contributed by atoms with E-state index in [9.17, 15) is 18.0 Å². The first kappa shape index (κ1) is 17.0. The zero-order valence-electron chi connectivity index (χ0n) is 11.8. The predicted molar refractivity (Wildman–Crippen MR) is 73.0 cm³/mol. The largest absolute Gasteiger partial charge is 0.451 e. The lowest BCUT2D eigenvalue weighted by Crippen LogP contribution is -2.21. The van der Waals surface area contributed by atoms with Crippen LogP contribution in [0.25, 0.3) is 0 Å². The summed E-state index contributed by atoms with van der Waals surface area (Å²) in [6.07, 6.45) is -3.73. The summed E-state index contributed by atoms with van der Waals surface area (Å²) in [6.45, 7) is 2.58. The molecule has 0 spiro atoms. The number of halogens is 3. The molecular weight excluding hydrogens is 287 g/mol. The minimum absolute atomic E-state index is 0.0276.